The van der Waals surface area contributed by atoms with E-state index in [0.29, 0.717) is 16.9 Å². The molecule has 0 saturated heterocycles. The van der Waals surface area contributed by atoms with Gasteiger partial charge in [0.2, 0.25) is 0 Å². The van der Waals surface area contributed by atoms with Crippen molar-refractivity contribution in [3.05, 3.63) is 66.4 Å². The number of halogens is 3. The van der Waals surface area contributed by atoms with Crippen LogP contribution in [0.1, 0.15) is 5.69 Å². The first kappa shape index (κ1) is 16.8. The first-order valence-corrected chi connectivity index (χ1v) is 7.40. The molecule has 0 radical (unpaired) electrons. The number of ether oxygens (including phenoxy) is 1. The summed E-state index contributed by atoms with van der Waals surface area (Å²) in [6.45, 7) is 0. The van der Waals surface area contributed by atoms with Crippen LogP contribution in [0.15, 0.2) is 60.7 Å². The Hall–Kier alpha value is -3.02. The average molecular weight is 345 g/mol. The number of nitrogens with zero attached hydrogens (tertiary/aromatic N) is 1. The maximum atomic E-state index is 12.9. The van der Waals surface area contributed by atoms with Gasteiger partial charge in [-0.15, -0.1) is 0 Å². The largest absolute Gasteiger partial charge is 0.508 e. The number of hydrogen-bond donors (Lipinski definition) is 1. The highest BCUT2D eigenvalue weighted by molar-refractivity contribution is 5.76. The fourth-order valence-corrected chi connectivity index (χ4v) is 2.52. The van der Waals surface area contributed by atoms with Gasteiger partial charge in [-0.3, -0.25) is 0 Å². The van der Waals surface area contributed by atoms with Gasteiger partial charge in [-0.2, -0.15) is 13.2 Å². The summed E-state index contributed by atoms with van der Waals surface area (Å²) in [7, 11) is 1.48. The van der Waals surface area contributed by atoms with E-state index in [1.807, 2.05) is 6.07 Å². The van der Waals surface area contributed by atoms with E-state index in [0.717, 1.165) is 11.6 Å². The number of alkyl halides is 3. The van der Waals surface area contributed by atoms with Gasteiger partial charge in [-0.05, 0) is 35.9 Å². The molecule has 0 unspecified atom stereocenters. The van der Waals surface area contributed by atoms with E-state index in [1.165, 1.54) is 31.4 Å². The molecular formula is C19H14F3NO2. The molecule has 3 aromatic rings. The molecule has 0 aliphatic heterocycles. The molecule has 128 valence electrons. The first-order chi connectivity index (χ1) is 11.9. The van der Waals surface area contributed by atoms with Crippen molar-refractivity contribution >= 4 is 0 Å². The summed E-state index contributed by atoms with van der Waals surface area (Å²) in [5.41, 5.74) is 1.31. The number of benzene rings is 2. The molecule has 3 nitrogen and oxygen atoms in total. The summed E-state index contributed by atoms with van der Waals surface area (Å²) in [5, 5.41) is 9.56. The van der Waals surface area contributed by atoms with Crippen molar-refractivity contribution in [1.29, 1.82) is 0 Å². The van der Waals surface area contributed by atoms with Crippen LogP contribution in [0, 0.1) is 0 Å². The minimum atomic E-state index is -4.49. The molecule has 1 heterocycles. The van der Waals surface area contributed by atoms with Gasteiger partial charge in [0.25, 0.3) is 0 Å². The zero-order chi connectivity index (χ0) is 18.0. The summed E-state index contributed by atoms with van der Waals surface area (Å²) in [6.07, 6.45) is -4.49. The van der Waals surface area contributed by atoms with Crippen LogP contribution in [-0.2, 0) is 6.18 Å². The van der Waals surface area contributed by atoms with Crippen molar-refractivity contribution in [1.82, 2.24) is 4.98 Å². The molecule has 0 bridgehead atoms. The highest BCUT2D eigenvalue weighted by Gasteiger charge is 2.32. The quantitative estimate of drug-likeness (QED) is 0.714. The van der Waals surface area contributed by atoms with Crippen LogP contribution in [0.4, 0.5) is 13.2 Å². The van der Waals surface area contributed by atoms with Crippen molar-refractivity contribution in [3.63, 3.8) is 0 Å². The molecule has 0 atom stereocenters. The minimum absolute atomic E-state index is 0.0660. The van der Waals surface area contributed by atoms with Gasteiger partial charge in [0.1, 0.15) is 17.2 Å². The second-order valence-electron chi connectivity index (χ2n) is 5.37. The Morgan fingerprint density at radius 1 is 0.920 bits per heavy atom. The molecule has 0 spiro atoms. The third kappa shape index (κ3) is 3.57. The van der Waals surface area contributed by atoms with E-state index in [4.69, 9.17) is 4.74 Å². The van der Waals surface area contributed by atoms with E-state index in [2.05, 4.69) is 4.98 Å². The molecule has 0 aliphatic carbocycles. The predicted molar refractivity (Wildman–Crippen MR) is 88.3 cm³/mol. The van der Waals surface area contributed by atoms with E-state index in [-0.39, 0.29) is 11.4 Å². The first-order valence-electron chi connectivity index (χ1n) is 7.40. The van der Waals surface area contributed by atoms with Crippen LogP contribution in [-0.4, -0.2) is 17.2 Å². The number of phenolic OH excluding ortho intramolecular Hbond substituents is 1. The lowest BCUT2D eigenvalue weighted by atomic mass is 10.0. The fraction of sp³-hybridized carbons (Fsp3) is 0.105. The van der Waals surface area contributed by atoms with Crippen LogP contribution in [0.25, 0.3) is 22.4 Å². The summed E-state index contributed by atoms with van der Waals surface area (Å²) in [4.78, 5) is 3.71. The third-order valence-electron chi connectivity index (χ3n) is 3.69. The summed E-state index contributed by atoms with van der Waals surface area (Å²) in [6, 6.07) is 15.5. The van der Waals surface area contributed by atoms with E-state index < -0.39 is 11.9 Å². The van der Waals surface area contributed by atoms with Crippen molar-refractivity contribution in [2.75, 3.05) is 7.11 Å². The zero-order valence-electron chi connectivity index (χ0n) is 13.2. The second kappa shape index (κ2) is 6.47. The second-order valence-corrected chi connectivity index (χ2v) is 5.37. The molecule has 2 aromatic carbocycles. The molecule has 1 aromatic heterocycles. The Bertz CT molecular complexity index is 907. The SMILES string of the molecule is COc1cc(O)ccc1-c1cccc(-c2cccc(C(F)(F)F)n2)c1. The van der Waals surface area contributed by atoms with Crippen molar-refractivity contribution < 1.29 is 23.0 Å². The van der Waals surface area contributed by atoms with Crippen LogP contribution in [0.2, 0.25) is 0 Å². The van der Waals surface area contributed by atoms with Crippen LogP contribution >= 0.6 is 0 Å². The van der Waals surface area contributed by atoms with Gasteiger partial charge in [-0.25, -0.2) is 4.98 Å². The molecule has 0 aliphatic rings. The molecule has 25 heavy (non-hydrogen) atoms. The Morgan fingerprint density at radius 3 is 2.36 bits per heavy atom. The van der Waals surface area contributed by atoms with Crippen molar-refractivity contribution in [2.45, 2.75) is 6.18 Å². The molecule has 0 fully saturated rings. The summed E-state index contributed by atoms with van der Waals surface area (Å²) < 4.78 is 43.9. The topological polar surface area (TPSA) is 42.4 Å². The molecule has 6 heteroatoms. The molecular weight excluding hydrogens is 331 g/mol. The molecule has 0 amide bonds. The van der Waals surface area contributed by atoms with Gasteiger partial charge >= 0.3 is 6.18 Å². The van der Waals surface area contributed by atoms with Gasteiger partial charge in [-0.1, -0.05) is 24.3 Å². The van der Waals surface area contributed by atoms with Crippen molar-refractivity contribution in [2.24, 2.45) is 0 Å². The lowest BCUT2D eigenvalue weighted by Crippen LogP contribution is -2.07. The Balaban J connectivity index is 2.06. The predicted octanol–water partition coefficient (Wildman–Crippen LogP) is 5.15. The molecule has 3 rings (SSSR count). The number of aromatic nitrogens is 1. The van der Waals surface area contributed by atoms with Crippen LogP contribution < -0.4 is 4.74 Å². The Labute approximate surface area is 142 Å². The number of phenols is 1. The van der Waals surface area contributed by atoms with Crippen LogP contribution in [0.3, 0.4) is 0 Å². The molecule has 0 saturated carbocycles. The number of rotatable bonds is 3. The smallest absolute Gasteiger partial charge is 0.433 e. The van der Waals surface area contributed by atoms with Crippen molar-refractivity contribution in [3.8, 4) is 33.9 Å². The standard InChI is InChI=1S/C19H14F3NO2/c1-25-17-11-14(24)8-9-15(17)12-4-2-5-13(10-12)16-6-3-7-18(23-16)19(20,21)22/h2-11,24H,1H3. The van der Waals surface area contributed by atoms with E-state index in [1.54, 1.807) is 24.3 Å². The lowest BCUT2D eigenvalue weighted by molar-refractivity contribution is -0.141. The van der Waals surface area contributed by atoms with Gasteiger partial charge < -0.3 is 9.84 Å². The maximum absolute atomic E-state index is 12.9. The summed E-state index contributed by atoms with van der Waals surface area (Å²) in [5.74, 6) is 0.533. The highest BCUT2D eigenvalue weighted by atomic mass is 19.4. The number of methoxy groups -OCH3 is 1. The molecule has 1 N–H and O–H groups in total. The average Bonchev–Trinajstić information content (AvgIpc) is 2.61. The zero-order valence-corrected chi connectivity index (χ0v) is 13.2. The number of hydrogen-bond acceptors (Lipinski definition) is 3. The lowest BCUT2D eigenvalue weighted by Gasteiger charge is -2.11. The normalized spacial score (nSPS) is 11.4. The third-order valence-corrected chi connectivity index (χ3v) is 3.69. The Kier molecular flexibility index (Phi) is 4.35. The van der Waals surface area contributed by atoms with E-state index >= 15 is 0 Å². The van der Waals surface area contributed by atoms with Gasteiger partial charge in [0, 0.05) is 17.2 Å². The number of aromatic hydroxyl groups is 1. The monoisotopic (exact) mass is 345 g/mol. The van der Waals surface area contributed by atoms with E-state index in [9.17, 15) is 18.3 Å². The number of pyridine rings is 1. The minimum Gasteiger partial charge on any atom is -0.508 e. The van der Waals surface area contributed by atoms with Gasteiger partial charge in [0.15, 0.2) is 0 Å². The van der Waals surface area contributed by atoms with Gasteiger partial charge in [0.05, 0.1) is 12.8 Å². The summed E-state index contributed by atoms with van der Waals surface area (Å²) >= 11 is 0. The van der Waals surface area contributed by atoms with Crippen LogP contribution in [0.5, 0.6) is 11.5 Å². The Morgan fingerprint density at radius 2 is 1.64 bits per heavy atom. The highest BCUT2D eigenvalue weighted by Crippen LogP contribution is 2.35. The fourth-order valence-electron chi connectivity index (χ4n) is 2.52. The maximum Gasteiger partial charge on any atom is 0.433 e.